The first kappa shape index (κ1) is 18.2. The Balaban J connectivity index is 2.15. The van der Waals surface area contributed by atoms with Crippen molar-refractivity contribution in [3.8, 4) is 0 Å². The molecule has 2 atom stereocenters. The van der Waals surface area contributed by atoms with Gasteiger partial charge in [-0.25, -0.2) is 5.10 Å². The zero-order valence-electron chi connectivity index (χ0n) is 13.0. The Morgan fingerprint density at radius 2 is 2.29 bits per heavy atom. The van der Waals surface area contributed by atoms with Crippen molar-refractivity contribution < 1.29 is 27.8 Å². The van der Waals surface area contributed by atoms with E-state index in [1.165, 1.54) is 11.8 Å². The number of ether oxygens (including phenoxy) is 1. The molecular weight excluding hydrogens is 331 g/mol. The predicted octanol–water partition coefficient (Wildman–Crippen LogP) is 1.49. The van der Waals surface area contributed by atoms with Gasteiger partial charge in [0.25, 0.3) is 5.56 Å². The molecule has 7 nitrogen and oxygen atoms in total. The summed E-state index contributed by atoms with van der Waals surface area (Å²) in [5, 5.41) is 14.1. The van der Waals surface area contributed by atoms with Crippen LogP contribution in [-0.4, -0.2) is 47.1 Å². The zero-order chi connectivity index (χ0) is 17.9. The molecular formula is C14H18F3N3O4. The van der Waals surface area contributed by atoms with Crippen LogP contribution in [0.1, 0.15) is 25.3 Å². The maximum atomic E-state index is 13.2. The molecule has 0 aromatic carbocycles. The van der Waals surface area contributed by atoms with Gasteiger partial charge in [0.05, 0.1) is 37.1 Å². The summed E-state index contributed by atoms with van der Waals surface area (Å²) in [6, 6.07) is -0.365. The molecule has 0 bridgehead atoms. The molecule has 0 spiro atoms. The SMILES string of the molecule is CC(COC[C@@H]1CCCN1c1cn[nH]c(=O)c1C(F)(F)F)C(=O)O. The number of H-pyrrole nitrogens is 1. The van der Waals surface area contributed by atoms with E-state index in [1.807, 2.05) is 0 Å². The molecule has 0 saturated carbocycles. The summed E-state index contributed by atoms with van der Waals surface area (Å²) in [6.45, 7) is 1.88. The summed E-state index contributed by atoms with van der Waals surface area (Å²) in [5.74, 6) is -1.71. The minimum atomic E-state index is -4.79. The van der Waals surface area contributed by atoms with E-state index in [1.54, 1.807) is 5.10 Å². The number of anilines is 1. The van der Waals surface area contributed by atoms with E-state index in [0.717, 1.165) is 6.20 Å². The van der Waals surface area contributed by atoms with E-state index in [2.05, 4.69) is 5.10 Å². The van der Waals surface area contributed by atoms with Gasteiger partial charge >= 0.3 is 12.1 Å². The van der Waals surface area contributed by atoms with Crippen LogP contribution in [0.3, 0.4) is 0 Å². The monoisotopic (exact) mass is 349 g/mol. The Labute approximate surface area is 135 Å². The molecule has 134 valence electrons. The van der Waals surface area contributed by atoms with Crippen LogP contribution in [-0.2, 0) is 15.7 Å². The molecule has 1 saturated heterocycles. The third-order valence-corrected chi connectivity index (χ3v) is 3.91. The van der Waals surface area contributed by atoms with E-state index < -0.39 is 29.2 Å². The molecule has 1 fully saturated rings. The average Bonchev–Trinajstić information content (AvgIpc) is 2.93. The maximum Gasteiger partial charge on any atom is 0.423 e. The second kappa shape index (κ2) is 7.20. The molecule has 0 radical (unpaired) electrons. The van der Waals surface area contributed by atoms with Gasteiger partial charge in [-0.05, 0) is 19.8 Å². The Hall–Kier alpha value is -2.10. The van der Waals surface area contributed by atoms with Crippen molar-refractivity contribution in [1.29, 1.82) is 0 Å². The van der Waals surface area contributed by atoms with E-state index in [9.17, 15) is 22.8 Å². The van der Waals surface area contributed by atoms with Crippen LogP contribution in [0.15, 0.2) is 11.0 Å². The lowest BCUT2D eigenvalue weighted by atomic mass is 10.2. The number of rotatable bonds is 6. The minimum absolute atomic E-state index is 0.0283. The van der Waals surface area contributed by atoms with Gasteiger partial charge in [0.2, 0.25) is 0 Å². The number of carboxylic acids is 1. The first-order chi connectivity index (χ1) is 11.2. The van der Waals surface area contributed by atoms with Crippen LogP contribution in [0, 0.1) is 5.92 Å². The molecule has 1 aromatic rings. The number of nitrogens with one attached hydrogen (secondary N) is 1. The second-order valence-corrected chi connectivity index (χ2v) is 5.72. The lowest BCUT2D eigenvalue weighted by Crippen LogP contribution is -2.37. The molecule has 1 unspecified atom stereocenters. The smallest absolute Gasteiger partial charge is 0.423 e. The van der Waals surface area contributed by atoms with Gasteiger partial charge in [-0.1, -0.05) is 0 Å². The van der Waals surface area contributed by atoms with Crippen molar-refractivity contribution in [3.05, 3.63) is 22.1 Å². The largest absolute Gasteiger partial charge is 0.481 e. The van der Waals surface area contributed by atoms with Gasteiger partial charge < -0.3 is 14.7 Å². The number of hydrogen-bond donors (Lipinski definition) is 2. The molecule has 0 aliphatic carbocycles. The van der Waals surface area contributed by atoms with Gasteiger partial charge in [-0.3, -0.25) is 9.59 Å². The van der Waals surface area contributed by atoms with Gasteiger partial charge in [-0.15, -0.1) is 0 Å². The van der Waals surface area contributed by atoms with Crippen molar-refractivity contribution in [2.45, 2.75) is 32.0 Å². The molecule has 24 heavy (non-hydrogen) atoms. The first-order valence-electron chi connectivity index (χ1n) is 7.44. The van der Waals surface area contributed by atoms with Crippen LogP contribution in [0.25, 0.3) is 0 Å². The van der Waals surface area contributed by atoms with Crippen molar-refractivity contribution in [2.75, 3.05) is 24.7 Å². The van der Waals surface area contributed by atoms with Crippen molar-refractivity contribution in [3.63, 3.8) is 0 Å². The molecule has 2 N–H and O–H groups in total. The van der Waals surface area contributed by atoms with E-state index in [4.69, 9.17) is 9.84 Å². The number of carboxylic acid groups (broad SMARTS) is 1. The third-order valence-electron chi connectivity index (χ3n) is 3.91. The van der Waals surface area contributed by atoms with Crippen molar-refractivity contribution >= 4 is 11.7 Å². The summed E-state index contributed by atoms with van der Waals surface area (Å²) in [4.78, 5) is 23.8. The topological polar surface area (TPSA) is 95.5 Å². The fraction of sp³-hybridized carbons (Fsp3) is 0.643. The van der Waals surface area contributed by atoms with Crippen LogP contribution >= 0.6 is 0 Å². The lowest BCUT2D eigenvalue weighted by molar-refractivity contribution is -0.143. The number of hydrogen-bond acceptors (Lipinski definition) is 5. The predicted molar refractivity (Wildman–Crippen MR) is 77.8 cm³/mol. The zero-order valence-corrected chi connectivity index (χ0v) is 13.0. The molecule has 2 rings (SSSR count). The normalized spacial score (nSPS) is 19.5. The molecule has 1 aliphatic rings. The molecule has 1 aromatic heterocycles. The summed E-state index contributed by atoms with van der Waals surface area (Å²) < 4.78 is 44.8. The molecule has 2 heterocycles. The fourth-order valence-electron chi connectivity index (χ4n) is 2.66. The van der Waals surface area contributed by atoms with E-state index in [0.29, 0.717) is 19.4 Å². The Morgan fingerprint density at radius 3 is 2.92 bits per heavy atom. The van der Waals surface area contributed by atoms with Crippen LogP contribution in [0.5, 0.6) is 0 Å². The number of aromatic amines is 1. The highest BCUT2D eigenvalue weighted by molar-refractivity contribution is 5.69. The van der Waals surface area contributed by atoms with Crippen molar-refractivity contribution in [1.82, 2.24) is 10.2 Å². The quantitative estimate of drug-likeness (QED) is 0.808. The van der Waals surface area contributed by atoms with Crippen LogP contribution in [0.4, 0.5) is 18.9 Å². The molecule has 0 amide bonds. The molecule has 1 aliphatic heterocycles. The van der Waals surface area contributed by atoms with E-state index >= 15 is 0 Å². The van der Waals surface area contributed by atoms with E-state index in [-0.39, 0.29) is 24.9 Å². The summed E-state index contributed by atoms with van der Waals surface area (Å²) >= 11 is 0. The number of nitrogens with zero attached hydrogens (tertiary/aromatic N) is 2. The number of carbonyl (C=O) groups is 1. The van der Waals surface area contributed by atoms with Gasteiger partial charge in [0.1, 0.15) is 5.56 Å². The summed E-state index contributed by atoms with van der Waals surface area (Å²) in [5.41, 5.74) is -2.84. The highest BCUT2D eigenvalue weighted by Crippen LogP contribution is 2.36. The number of halogens is 3. The highest BCUT2D eigenvalue weighted by atomic mass is 19.4. The Bertz CT molecular complexity index is 647. The lowest BCUT2D eigenvalue weighted by Gasteiger charge is -2.28. The fourth-order valence-corrected chi connectivity index (χ4v) is 2.66. The van der Waals surface area contributed by atoms with Gasteiger partial charge in [-0.2, -0.15) is 18.3 Å². The average molecular weight is 349 g/mol. The van der Waals surface area contributed by atoms with Crippen LogP contribution in [0.2, 0.25) is 0 Å². The maximum absolute atomic E-state index is 13.2. The second-order valence-electron chi connectivity index (χ2n) is 5.72. The number of aromatic nitrogens is 2. The number of aliphatic carboxylic acids is 1. The summed E-state index contributed by atoms with van der Waals surface area (Å²) in [6.07, 6.45) is -2.57. The highest BCUT2D eigenvalue weighted by Gasteiger charge is 2.40. The van der Waals surface area contributed by atoms with Gasteiger partial charge in [0, 0.05) is 6.54 Å². The Morgan fingerprint density at radius 1 is 1.58 bits per heavy atom. The number of alkyl halides is 3. The van der Waals surface area contributed by atoms with Gasteiger partial charge in [0.15, 0.2) is 0 Å². The molecule has 10 heteroatoms. The first-order valence-corrected chi connectivity index (χ1v) is 7.44. The Kier molecular flexibility index (Phi) is 5.47. The summed E-state index contributed by atoms with van der Waals surface area (Å²) in [7, 11) is 0. The minimum Gasteiger partial charge on any atom is -0.481 e. The third kappa shape index (κ3) is 4.05. The van der Waals surface area contributed by atoms with Crippen LogP contribution < -0.4 is 10.5 Å². The van der Waals surface area contributed by atoms with Crippen molar-refractivity contribution in [2.24, 2.45) is 5.92 Å². The standard InChI is InChI=1S/C14H18F3N3O4/c1-8(13(22)23)6-24-7-9-3-2-4-20(9)10-5-18-19-12(21)11(10)14(15,16)17/h5,8-9H,2-4,6-7H2,1H3,(H,19,21)(H,22,23)/t8?,9-/m0/s1.